The van der Waals surface area contributed by atoms with E-state index in [-0.39, 0.29) is 17.4 Å². The summed E-state index contributed by atoms with van der Waals surface area (Å²) in [5.41, 5.74) is 2.46. The summed E-state index contributed by atoms with van der Waals surface area (Å²) in [6, 6.07) is 12.8. The first kappa shape index (κ1) is 25.9. The van der Waals surface area contributed by atoms with Crippen molar-refractivity contribution in [3.63, 3.8) is 0 Å². The molecule has 0 radical (unpaired) electrons. The zero-order valence-corrected chi connectivity index (χ0v) is 21.2. The molecule has 1 unspecified atom stereocenters. The van der Waals surface area contributed by atoms with E-state index >= 15 is 0 Å². The second-order valence-electron chi connectivity index (χ2n) is 9.28. The molecule has 1 N–H and O–H groups in total. The third-order valence-electron chi connectivity index (χ3n) is 6.03. The van der Waals surface area contributed by atoms with Crippen LogP contribution in [0.25, 0.3) is 0 Å². The molecule has 0 fully saturated rings. The Morgan fingerprint density at radius 3 is 2.22 bits per heavy atom. The number of ether oxygens (including phenoxy) is 3. The highest BCUT2D eigenvalue weighted by Crippen LogP contribution is 2.39. The van der Waals surface area contributed by atoms with Crippen molar-refractivity contribution >= 4 is 14.3 Å². The fourth-order valence-electron chi connectivity index (χ4n) is 2.88. The van der Waals surface area contributed by atoms with Crippen molar-refractivity contribution in [3.05, 3.63) is 59.2 Å². The van der Waals surface area contributed by atoms with E-state index in [0.717, 1.165) is 11.1 Å². The first-order valence-corrected chi connectivity index (χ1v) is 13.7. The van der Waals surface area contributed by atoms with E-state index in [1.807, 2.05) is 30.3 Å². The van der Waals surface area contributed by atoms with Crippen LogP contribution in [0.3, 0.4) is 0 Å². The van der Waals surface area contributed by atoms with Crippen molar-refractivity contribution < 1.29 is 28.5 Å². The van der Waals surface area contributed by atoms with Crippen LogP contribution in [0.5, 0.6) is 11.5 Å². The largest absolute Gasteiger partial charge is 0.493 e. The Bertz CT molecular complexity index is 889. The molecule has 2 aromatic rings. The molecular weight excluding hydrogens is 424 g/mol. The minimum atomic E-state index is -1.98. The highest BCUT2D eigenvalue weighted by molar-refractivity contribution is 6.74. The van der Waals surface area contributed by atoms with E-state index in [4.69, 9.17) is 18.6 Å². The number of aliphatic hydroxyl groups is 1. The number of benzene rings is 2. The molecule has 0 aliphatic heterocycles. The lowest BCUT2D eigenvalue weighted by molar-refractivity contribution is -0.140. The summed E-state index contributed by atoms with van der Waals surface area (Å²) in [7, 11) is 0.959. The smallest absolute Gasteiger partial charge is 0.305 e. The van der Waals surface area contributed by atoms with Gasteiger partial charge in [0, 0.05) is 12.0 Å². The fourth-order valence-corrected chi connectivity index (χ4v) is 3.83. The van der Waals surface area contributed by atoms with Crippen LogP contribution in [0.1, 0.15) is 50.2 Å². The van der Waals surface area contributed by atoms with Gasteiger partial charge in [-0.1, -0.05) is 51.1 Å². The molecule has 0 saturated heterocycles. The van der Waals surface area contributed by atoms with Gasteiger partial charge in [0.05, 0.1) is 20.8 Å². The van der Waals surface area contributed by atoms with Crippen LogP contribution >= 0.6 is 0 Å². The maximum Gasteiger partial charge on any atom is 0.305 e. The van der Waals surface area contributed by atoms with Gasteiger partial charge in [-0.25, -0.2) is 0 Å². The molecule has 176 valence electrons. The predicted octanol–water partition coefficient (Wildman–Crippen LogP) is 5.39. The Morgan fingerprint density at radius 2 is 1.66 bits per heavy atom. The van der Waals surface area contributed by atoms with Gasteiger partial charge >= 0.3 is 5.97 Å². The maximum absolute atomic E-state index is 11.8. The zero-order valence-electron chi connectivity index (χ0n) is 20.2. The minimum Gasteiger partial charge on any atom is -0.493 e. The first-order valence-electron chi connectivity index (χ1n) is 10.8. The highest BCUT2D eigenvalue weighted by Gasteiger charge is 2.37. The molecule has 0 heterocycles. The Morgan fingerprint density at radius 1 is 1.03 bits per heavy atom. The van der Waals surface area contributed by atoms with Crippen molar-refractivity contribution in [2.75, 3.05) is 14.2 Å². The number of carbonyl (C=O) groups is 1. The molecule has 0 aliphatic rings. The molecule has 2 rings (SSSR count). The molecule has 0 saturated carbocycles. The van der Waals surface area contributed by atoms with E-state index in [0.29, 0.717) is 30.1 Å². The number of aliphatic hydroxyl groups excluding tert-OH is 1. The molecule has 0 amide bonds. The van der Waals surface area contributed by atoms with Gasteiger partial charge in [0.15, 0.2) is 19.8 Å². The second kappa shape index (κ2) is 11.0. The third kappa shape index (κ3) is 6.82. The molecule has 0 aliphatic carbocycles. The summed E-state index contributed by atoms with van der Waals surface area (Å²) in [6.07, 6.45) is -0.450. The topological polar surface area (TPSA) is 74.2 Å². The van der Waals surface area contributed by atoms with Gasteiger partial charge in [0.25, 0.3) is 0 Å². The SMILES string of the molecule is COC(=O)CCc1cc(OC(O)c2ccccc2)c(OC)cc1CO[Si](C)(C)C(C)(C)C. The van der Waals surface area contributed by atoms with Gasteiger partial charge in [0.2, 0.25) is 6.29 Å². The number of rotatable bonds is 10. The van der Waals surface area contributed by atoms with Crippen molar-refractivity contribution in [2.45, 2.75) is 64.6 Å². The Balaban J connectivity index is 2.36. The fraction of sp³-hybridized carbons (Fsp3) is 0.480. The van der Waals surface area contributed by atoms with Gasteiger partial charge < -0.3 is 23.7 Å². The van der Waals surface area contributed by atoms with Crippen molar-refractivity contribution in [1.82, 2.24) is 0 Å². The van der Waals surface area contributed by atoms with Crippen LogP contribution in [0.15, 0.2) is 42.5 Å². The lowest BCUT2D eigenvalue weighted by Crippen LogP contribution is -2.40. The molecule has 0 aromatic heterocycles. The van der Waals surface area contributed by atoms with E-state index in [1.54, 1.807) is 19.2 Å². The zero-order chi connectivity index (χ0) is 23.9. The van der Waals surface area contributed by atoms with Crippen LogP contribution in [0.2, 0.25) is 18.1 Å². The third-order valence-corrected chi connectivity index (χ3v) is 10.5. The lowest BCUT2D eigenvalue weighted by atomic mass is 10.0. The molecule has 0 spiro atoms. The Hall–Kier alpha value is -2.35. The van der Waals surface area contributed by atoms with Crippen LogP contribution in [0.4, 0.5) is 0 Å². The van der Waals surface area contributed by atoms with Crippen LogP contribution in [-0.4, -0.2) is 33.6 Å². The van der Waals surface area contributed by atoms with Crippen molar-refractivity contribution in [1.29, 1.82) is 0 Å². The summed E-state index contributed by atoms with van der Waals surface area (Å²) in [5, 5.41) is 10.6. The Labute approximate surface area is 192 Å². The van der Waals surface area contributed by atoms with E-state index in [2.05, 4.69) is 33.9 Å². The van der Waals surface area contributed by atoms with Crippen molar-refractivity contribution in [3.8, 4) is 11.5 Å². The lowest BCUT2D eigenvalue weighted by Gasteiger charge is -2.36. The molecule has 2 aromatic carbocycles. The normalized spacial score (nSPS) is 12.9. The number of carbonyl (C=O) groups excluding carboxylic acids is 1. The summed E-state index contributed by atoms with van der Waals surface area (Å²) >= 11 is 0. The summed E-state index contributed by atoms with van der Waals surface area (Å²) in [5.74, 6) is 0.610. The van der Waals surface area contributed by atoms with Gasteiger partial charge in [-0.2, -0.15) is 0 Å². The second-order valence-corrected chi connectivity index (χ2v) is 14.1. The quantitative estimate of drug-likeness (QED) is 0.291. The number of methoxy groups -OCH3 is 2. The average molecular weight is 461 g/mol. The summed E-state index contributed by atoms with van der Waals surface area (Å²) in [6.45, 7) is 11.4. The summed E-state index contributed by atoms with van der Waals surface area (Å²) < 4.78 is 22.6. The van der Waals surface area contributed by atoms with Crippen molar-refractivity contribution in [2.24, 2.45) is 0 Å². The number of hydrogen-bond donors (Lipinski definition) is 1. The molecule has 0 bridgehead atoms. The molecule has 1 atom stereocenters. The molecule has 6 nitrogen and oxygen atoms in total. The monoisotopic (exact) mass is 460 g/mol. The number of esters is 1. The van der Waals surface area contributed by atoms with Gasteiger partial charge in [-0.05, 0) is 47.8 Å². The van der Waals surface area contributed by atoms with Crippen LogP contribution in [0, 0.1) is 0 Å². The standard InChI is InChI=1S/C25H36O6Si/c1-25(2,3)32(6,7)30-17-20-16-21(28-4)22(15-19(20)13-14-23(26)29-5)31-24(27)18-11-9-8-10-12-18/h8-12,15-16,24,27H,13-14,17H2,1-7H3. The number of aryl methyl sites for hydroxylation is 1. The van der Waals surface area contributed by atoms with Crippen LogP contribution in [-0.2, 0) is 27.0 Å². The van der Waals surface area contributed by atoms with E-state index in [9.17, 15) is 9.90 Å². The minimum absolute atomic E-state index is 0.0755. The van der Waals surface area contributed by atoms with E-state index in [1.165, 1.54) is 7.11 Å². The highest BCUT2D eigenvalue weighted by atomic mass is 28.4. The first-order chi connectivity index (χ1) is 15.0. The van der Waals surface area contributed by atoms with Gasteiger partial charge in [-0.15, -0.1) is 0 Å². The maximum atomic E-state index is 11.8. The molecular formula is C25H36O6Si. The summed E-state index contributed by atoms with van der Waals surface area (Å²) in [4.78, 5) is 11.8. The molecule has 7 heteroatoms. The van der Waals surface area contributed by atoms with Gasteiger partial charge in [0.1, 0.15) is 0 Å². The van der Waals surface area contributed by atoms with Crippen LogP contribution < -0.4 is 9.47 Å². The average Bonchev–Trinajstić information content (AvgIpc) is 2.76. The predicted molar refractivity (Wildman–Crippen MR) is 127 cm³/mol. The van der Waals surface area contributed by atoms with Gasteiger partial charge in [-0.3, -0.25) is 4.79 Å². The van der Waals surface area contributed by atoms with E-state index < -0.39 is 14.6 Å². The Kier molecular flexibility index (Phi) is 8.89. The number of hydrogen-bond acceptors (Lipinski definition) is 6. The molecule has 32 heavy (non-hydrogen) atoms.